The average Bonchev–Trinajstić information content (AvgIpc) is 2.98. The summed E-state index contributed by atoms with van der Waals surface area (Å²) in [5, 5.41) is 8.16. The van der Waals surface area contributed by atoms with Gasteiger partial charge in [-0.1, -0.05) is 35.0 Å². The van der Waals surface area contributed by atoms with Crippen molar-refractivity contribution in [2.24, 2.45) is 5.73 Å². The molecule has 0 saturated carbocycles. The maximum Gasteiger partial charge on any atom is 0.251 e. The van der Waals surface area contributed by atoms with Crippen molar-refractivity contribution in [3.63, 3.8) is 0 Å². The smallest absolute Gasteiger partial charge is 0.251 e. The van der Waals surface area contributed by atoms with Gasteiger partial charge in [0.25, 0.3) is 5.91 Å². The number of carbonyl (C=O) groups is 2. The van der Waals surface area contributed by atoms with Gasteiger partial charge in [-0.3, -0.25) is 9.59 Å². The number of anilines is 1. The van der Waals surface area contributed by atoms with Gasteiger partial charge in [0.05, 0.1) is 12.1 Å². The third kappa shape index (κ3) is 4.89. The van der Waals surface area contributed by atoms with Gasteiger partial charge in [0, 0.05) is 10.5 Å². The lowest BCUT2D eigenvalue weighted by atomic mass is 10.0. The molecule has 0 radical (unpaired) electrons. The predicted molar refractivity (Wildman–Crippen MR) is 96.6 cm³/mol. The van der Waals surface area contributed by atoms with Gasteiger partial charge in [0.2, 0.25) is 5.91 Å². The van der Waals surface area contributed by atoms with E-state index in [-0.39, 0.29) is 18.5 Å². The van der Waals surface area contributed by atoms with Crippen molar-refractivity contribution < 1.29 is 9.59 Å². The van der Waals surface area contributed by atoms with E-state index in [1.807, 2.05) is 24.3 Å². The first kappa shape index (κ1) is 17.7. The standard InChI is InChI=1S/C16H18BrN3O2S/c1-2-13(10-3-5-11(17)6-4-10)19-9-14(21)20-16-12(15(18)22)7-8-23-16/h3-8,13,19H,2,9H2,1H3,(H2,18,22)(H,20,21)/t13-/m0/s1. The van der Waals surface area contributed by atoms with Gasteiger partial charge in [-0.05, 0) is 35.6 Å². The number of thiophene rings is 1. The van der Waals surface area contributed by atoms with E-state index in [2.05, 4.69) is 33.5 Å². The van der Waals surface area contributed by atoms with E-state index in [1.165, 1.54) is 11.3 Å². The Hall–Kier alpha value is -1.70. The molecule has 0 fully saturated rings. The molecule has 2 aromatic rings. The second kappa shape index (κ2) is 8.24. The minimum Gasteiger partial charge on any atom is -0.366 e. The van der Waals surface area contributed by atoms with Crippen LogP contribution in [0.1, 0.15) is 35.3 Å². The Kier molecular flexibility index (Phi) is 6.32. The molecule has 2 amide bonds. The van der Waals surface area contributed by atoms with Gasteiger partial charge >= 0.3 is 0 Å². The quantitative estimate of drug-likeness (QED) is 0.672. The molecule has 0 aliphatic carbocycles. The minimum absolute atomic E-state index is 0.0906. The summed E-state index contributed by atoms with van der Waals surface area (Å²) in [7, 11) is 0. The Labute approximate surface area is 147 Å². The molecule has 1 heterocycles. The van der Waals surface area contributed by atoms with E-state index >= 15 is 0 Å². The zero-order valence-electron chi connectivity index (χ0n) is 12.6. The van der Waals surface area contributed by atoms with Gasteiger partial charge in [-0.25, -0.2) is 0 Å². The minimum atomic E-state index is -0.546. The highest BCUT2D eigenvalue weighted by molar-refractivity contribution is 9.10. The van der Waals surface area contributed by atoms with E-state index in [0.717, 1.165) is 16.5 Å². The fourth-order valence-electron chi connectivity index (χ4n) is 2.18. The van der Waals surface area contributed by atoms with Gasteiger partial charge in [-0.15, -0.1) is 11.3 Å². The summed E-state index contributed by atoms with van der Waals surface area (Å²) in [6, 6.07) is 9.69. The SMILES string of the molecule is CC[C@H](NCC(=O)Nc1sccc1C(N)=O)c1ccc(Br)cc1. The fraction of sp³-hybridized carbons (Fsp3) is 0.250. The van der Waals surface area contributed by atoms with Crippen LogP contribution < -0.4 is 16.4 Å². The number of benzene rings is 1. The molecule has 0 bridgehead atoms. The molecule has 0 unspecified atom stereocenters. The van der Waals surface area contributed by atoms with Crippen LogP contribution in [0.4, 0.5) is 5.00 Å². The van der Waals surface area contributed by atoms with Gasteiger partial charge in [0.1, 0.15) is 5.00 Å². The Morgan fingerprint density at radius 2 is 1.96 bits per heavy atom. The highest BCUT2D eigenvalue weighted by atomic mass is 79.9. The lowest BCUT2D eigenvalue weighted by Gasteiger charge is -2.17. The molecule has 1 aromatic heterocycles. The number of halogens is 1. The fourth-order valence-corrected chi connectivity index (χ4v) is 3.25. The summed E-state index contributed by atoms with van der Waals surface area (Å²) in [6.07, 6.45) is 0.862. The summed E-state index contributed by atoms with van der Waals surface area (Å²) >= 11 is 4.69. The number of primary amides is 1. The van der Waals surface area contributed by atoms with E-state index in [4.69, 9.17) is 5.73 Å². The van der Waals surface area contributed by atoms with Crippen molar-refractivity contribution >= 4 is 44.1 Å². The van der Waals surface area contributed by atoms with Crippen molar-refractivity contribution in [3.05, 3.63) is 51.3 Å². The largest absolute Gasteiger partial charge is 0.366 e. The van der Waals surface area contributed by atoms with E-state index in [9.17, 15) is 9.59 Å². The first-order chi connectivity index (χ1) is 11.0. The van der Waals surface area contributed by atoms with Crippen molar-refractivity contribution in [2.75, 3.05) is 11.9 Å². The molecule has 23 heavy (non-hydrogen) atoms. The van der Waals surface area contributed by atoms with Crippen LogP contribution in [0.2, 0.25) is 0 Å². The molecular weight excluding hydrogens is 378 g/mol. The second-order valence-electron chi connectivity index (χ2n) is 4.97. The van der Waals surface area contributed by atoms with Crippen LogP contribution in [-0.4, -0.2) is 18.4 Å². The molecule has 5 nitrogen and oxygen atoms in total. The third-order valence-corrected chi connectivity index (χ3v) is 4.73. The normalized spacial score (nSPS) is 11.9. The molecule has 0 spiro atoms. The Morgan fingerprint density at radius 3 is 2.57 bits per heavy atom. The average molecular weight is 396 g/mol. The number of rotatable bonds is 7. The molecule has 1 atom stereocenters. The van der Waals surface area contributed by atoms with Crippen molar-refractivity contribution in [1.29, 1.82) is 0 Å². The van der Waals surface area contributed by atoms with Crippen LogP contribution in [-0.2, 0) is 4.79 Å². The molecule has 1 aromatic carbocycles. The lowest BCUT2D eigenvalue weighted by molar-refractivity contribution is -0.115. The maximum absolute atomic E-state index is 12.1. The van der Waals surface area contributed by atoms with Crippen LogP contribution in [0.3, 0.4) is 0 Å². The van der Waals surface area contributed by atoms with Gasteiger partial charge in [0.15, 0.2) is 0 Å². The zero-order chi connectivity index (χ0) is 16.8. The van der Waals surface area contributed by atoms with E-state index < -0.39 is 5.91 Å². The van der Waals surface area contributed by atoms with E-state index in [1.54, 1.807) is 11.4 Å². The second-order valence-corrected chi connectivity index (χ2v) is 6.80. The number of hydrogen-bond acceptors (Lipinski definition) is 4. The van der Waals surface area contributed by atoms with Crippen LogP contribution in [0.5, 0.6) is 0 Å². The highest BCUT2D eigenvalue weighted by Gasteiger charge is 2.14. The summed E-state index contributed by atoms with van der Waals surface area (Å²) in [4.78, 5) is 23.3. The van der Waals surface area contributed by atoms with Gasteiger partial charge < -0.3 is 16.4 Å². The Morgan fingerprint density at radius 1 is 1.26 bits per heavy atom. The summed E-state index contributed by atoms with van der Waals surface area (Å²) in [5.41, 5.74) is 6.72. The lowest BCUT2D eigenvalue weighted by Crippen LogP contribution is -2.31. The van der Waals surface area contributed by atoms with Crippen LogP contribution in [0.25, 0.3) is 0 Å². The topological polar surface area (TPSA) is 84.2 Å². The maximum atomic E-state index is 12.1. The van der Waals surface area contributed by atoms with Crippen LogP contribution >= 0.6 is 27.3 Å². The zero-order valence-corrected chi connectivity index (χ0v) is 15.0. The number of amides is 2. The van der Waals surface area contributed by atoms with Crippen molar-refractivity contribution in [1.82, 2.24) is 5.32 Å². The summed E-state index contributed by atoms with van der Waals surface area (Å²) < 4.78 is 1.02. The first-order valence-electron chi connectivity index (χ1n) is 7.17. The highest BCUT2D eigenvalue weighted by Crippen LogP contribution is 2.23. The Bertz CT molecular complexity index is 685. The molecule has 122 valence electrons. The van der Waals surface area contributed by atoms with Crippen molar-refractivity contribution in [2.45, 2.75) is 19.4 Å². The molecule has 0 aliphatic rings. The number of nitrogens with one attached hydrogen (secondary N) is 2. The molecule has 0 saturated heterocycles. The van der Waals surface area contributed by atoms with Crippen LogP contribution in [0.15, 0.2) is 40.2 Å². The summed E-state index contributed by atoms with van der Waals surface area (Å²) in [6.45, 7) is 2.22. The molecular formula is C16H18BrN3O2S. The molecule has 7 heteroatoms. The number of nitrogens with two attached hydrogens (primary N) is 1. The monoisotopic (exact) mass is 395 g/mol. The molecule has 4 N–H and O–H groups in total. The molecule has 0 aliphatic heterocycles. The van der Waals surface area contributed by atoms with Crippen molar-refractivity contribution in [3.8, 4) is 0 Å². The molecule has 2 rings (SSSR count). The third-order valence-electron chi connectivity index (χ3n) is 3.37. The summed E-state index contributed by atoms with van der Waals surface area (Å²) in [5.74, 6) is -0.749. The van der Waals surface area contributed by atoms with E-state index in [0.29, 0.717) is 10.6 Å². The Balaban J connectivity index is 1.93. The predicted octanol–water partition coefficient (Wildman–Crippen LogP) is 3.29. The number of hydrogen-bond donors (Lipinski definition) is 3. The number of carbonyl (C=O) groups excluding carboxylic acids is 2. The van der Waals surface area contributed by atoms with Crippen LogP contribution in [0, 0.1) is 0 Å². The first-order valence-corrected chi connectivity index (χ1v) is 8.84. The van der Waals surface area contributed by atoms with Gasteiger partial charge in [-0.2, -0.15) is 0 Å².